The summed E-state index contributed by atoms with van der Waals surface area (Å²) in [5.41, 5.74) is 0. The van der Waals surface area contributed by atoms with Crippen molar-refractivity contribution in [3.63, 3.8) is 0 Å². The molecule has 0 aliphatic carbocycles. The average molecular weight is 239 g/mol. The quantitative estimate of drug-likeness (QED) is 0.599. The van der Waals surface area contributed by atoms with Gasteiger partial charge in [-0.1, -0.05) is 0 Å². The summed E-state index contributed by atoms with van der Waals surface area (Å²) < 4.78 is 5.37. The minimum atomic E-state index is 0.703. The lowest BCUT2D eigenvalue weighted by Crippen LogP contribution is -2.47. The van der Waals surface area contributed by atoms with Gasteiger partial charge < -0.3 is 9.64 Å². The highest BCUT2D eigenvalue weighted by molar-refractivity contribution is 4.73. The van der Waals surface area contributed by atoms with Crippen molar-refractivity contribution in [3.05, 3.63) is 0 Å². The van der Waals surface area contributed by atoms with Crippen LogP contribution >= 0.6 is 0 Å². The van der Waals surface area contributed by atoms with E-state index in [0.717, 1.165) is 52.2 Å². The monoisotopic (exact) mass is 239 g/mol. The third kappa shape index (κ3) is 6.62. The average Bonchev–Trinajstić information content (AvgIpc) is 2.37. The molecule has 0 atom stereocenters. The van der Waals surface area contributed by atoms with Crippen LogP contribution in [0, 0.1) is 11.3 Å². The lowest BCUT2D eigenvalue weighted by atomic mass is 10.2. The zero-order valence-electron chi connectivity index (χ0n) is 11.0. The van der Waals surface area contributed by atoms with Crippen LogP contribution in [-0.2, 0) is 4.74 Å². The molecule has 17 heavy (non-hydrogen) atoms. The van der Waals surface area contributed by atoms with E-state index in [1.54, 1.807) is 0 Å². The summed E-state index contributed by atoms with van der Waals surface area (Å²) in [4.78, 5) is 4.98. The number of unbranched alkanes of at least 4 members (excludes halogenated alkanes) is 2. The van der Waals surface area contributed by atoms with Gasteiger partial charge in [-0.05, 0) is 26.3 Å². The van der Waals surface area contributed by atoms with Crippen LogP contribution in [0.1, 0.15) is 26.2 Å². The molecule has 1 aliphatic rings. The predicted octanol–water partition coefficient (Wildman–Crippen LogP) is 1.33. The zero-order valence-corrected chi connectivity index (χ0v) is 11.0. The van der Waals surface area contributed by atoms with Crippen LogP contribution in [0.2, 0.25) is 0 Å². The molecule has 98 valence electrons. The fourth-order valence-corrected chi connectivity index (χ4v) is 2.11. The summed E-state index contributed by atoms with van der Waals surface area (Å²) in [5, 5.41) is 8.46. The van der Waals surface area contributed by atoms with Gasteiger partial charge in [0.05, 0.1) is 12.7 Å². The highest BCUT2D eigenvalue weighted by Gasteiger charge is 2.15. The number of nitrogens with zero attached hydrogens (tertiary/aromatic N) is 3. The summed E-state index contributed by atoms with van der Waals surface area (Å²) in [6.07, 6.45) is 2.90. The summed E-state index contributed by atoms with van der Waals surface area (Å²) in [7, 11) is 0. The molecule has 0 bridgehead atoms. The van der Waals surface area contributed by atoms with Gasteiger partial charge in [-0.3, -0.25) is 4.90 Å². The molecule has 0 aromatic rings. The lowest BCUT2D eigenvalue weighted by molar-refractivity contribution is 0.0804. The van der Waals surface area contributed by atoms with E-state index in [1.165, 1.54) is 13.1 Å². The van der Waals surface area contributed by atoms with Crippen molar-refractivity contribution in [3.8, 4) is 6.07 Å². The molecular formula is C13H25N3O. The van der Waals surface area contributed by atoms with E-state index < -0.39 is 0 Å². The van der Waals surface area contributed by atoms with Gasteiger partial charge in [0, 0.05) is 45.8 Å². The Morgan fingerprint density at radius 3 is 2.29 bits per heavy atom. The molecule has 1 fully saturated rings. The van der Waals surface area contributed by atoms with Crippen LogP contribution in [0.5, 0.6) is 0 Å². The molecule has 1 heterocycles. The molecule has 1 saturated heterocycles. The van der Waals surface area contributed by atoms with E-state index >= 15 is 0 Å². The Morgan fingerprint density at radius 1 is 1.06 bits per heavy atom. The molecule has 0 amide bonds. The van der Waals surface area contributed by atoms with Gasteiger partial charge in [0.15, 0.2) is 0 Å². The van der Waals surface area contributed by atoms with Crippen LogP contribution in [0.25, 0.3) is 0 Å². The molecule has 0 N–H and O–H groups in total. The third-order valence-corrected chi connectivity index (χ3v) is 3.23. The van der Waals surface area contributed by atoms with Gasteiger partial charge in [-0.25, -0.2) is 0 Å². The largest absolute Gasteiger partial charge is 0.380 e. The summed E-state index contributed by atoms with van der Waals surface area (Å²) in [5.74, 6) is 0. The van der Waals surface area contributed by atoms with Crippen LogP contribution < -0.4 is 0 Å². The van der Waals surface area contributed by atoms with Crippen LogP contribution in [0.3, 0.4) is 0 Å². The molecule has 0 unspecified atom stereocenters. The summed E-state index contributed by atoms with van der Waals surface area (Å²) >= 11 is 0. The normalized spacial score (nSPS) is 18.1. The maximum atomic E-state index is 8.46. The molecule has 0 radical (unpaired) electrons. The maximum absolute atomic E-state index is 8.46. The second-order valence-corrected chi connectivity index (χ2v) is 4.50. The van der Waals surface area contributed by atoms with E-state index in [9.17, 15) is 0 Å². The minimum Gasteiger partial charge on any atom is -0.380 e. The molecular weight excluding hydrogens is 214 g/mol. The van der Waals surface area contributed by atoms with E-state index in [4.69, 9.17) is 10.00 Å². The second kappa shape index (κ2) is 9.41. The Balaban J connectivity index is 1.99. The molecule has 4 nitrogen and oxygen atoms in total. The maximum Gasteiger partial charge on any atom is 0.0621 e. The fraction of sp³-hybridized carbons (Fsp3) is 0.923. The van der Waals surface area contributed by atoms with Crippen molar-refractivity contribution in [1.29, 1.82) is 5.26 Å². The Morgan fingerprint density at radius 2 is 1.71 bits per heavy atom. The van der Waals surface area contributed by atoms with Gasteiger partial charge in [0.2, 0.25) is 0 Å². The molecule has 0 spiro atoms. The Kier molecular flexibility index (Phi) is 7.98. The number of nitriles is 1. The number of rotatable bonds is 8. The number of hydrogen-bond donors (Lipinski definition) is 0. The van der Waals surface area contributed by atoms with E-state index in [1.807, 2.05) is 6.92 Å². The van der Waals surface area contributed by atoms with Gasteiger partial charge >= 0.3 is 0 Å². The van der Waals surface area contributed by atoms with Gasteiger partial charge in [0.25, 0.3) is 0 Å². The summed E-state index contributed by atoms with van der Waals surface area (Å²) in [6.45, 7) is 10.6. The number of hydrogen-bond acceptors (Lipinski definition) is 4. The lowest BCUT2D eigenvalue weighted by Gasteiger charge is -2.34. The van der Waals surface area contributed by atoms with Crippen molar-refractivity contribution in [2.24, 2.45) is 0 Å². The molecule has 0 saturated carbocycles. The fourth-order valence-electron chi connectivity index (χ4n) is 2.11. The van der Waals surface area contributed by atoms with E-state index in [-0.39, 0.29) is 0 Å². The van der Waals surface area contributed by atoms with Crippen molar-refractivity contribution < 1.29 is 4.74 Å². The Bertz CT molecular complexity index is 219. The van der Waals surface area contributed by atoms with Crippen molar-refractivity contribution in [2.75, 3.05) is 52.5 Å². The Labute approximate surface area is 105 Å². The SMILES string of the molecule is CCOCCN1CCN(CCCCC#N)CC1. The predicted molar refractivity (Wildman–Crippen MR) is 68.8 cm³/mol. The number of piperazine rings is 1. The van der Waals surface area contributed by atoms with Crippen LogP contribution in [0.15, 0.2) is 0 Å². The first kappa shape index (κ1) is 14.4. The molecule has 1 aliphatic heterocycles. The van der Waals surface area contributed by atoms with E-state index in [2.05, 4.69) is 15.9 Å². The molecule has 0 aromatic heterocycles. The second-order valence-electron chi connectivity index (χ2n) is 4.50. The topological polar surface area (TPSA) is 39.5 Å². The van der Waals surface area contributed by atoms with Crippen molar-refractivity contribution >= 4 is 0 Å². The van der Waals surface area contributed by atoms with Crippen molar-refractivity contribution in [1.82, 2.24) is 9.80 Å². The first-order chi connectivity index (χ1) is 8.36. The first-order valence-electron chi connectivity index (χ1n) is 6.76. The van der Waals surface area contributed by atoms with Gasteiger partial charge in [0.1, 0.15) is 0 Å². The molecule has 1 rings (SSSR count). The summed E-state index contributed by atoms with van der Waals surface area (Å²) in [6, 6.07) is 2.20. The number of ether oxygens (including phenoxy) is 1. The van der Waals surface area contributed by atoms with Crippen LogP contribution in [-0.4, -0.2) is 62.3 Å². The minimum absolute atomic E-state index is 0.703. The first-order valence-corrected chi connectivity index (χ1v) is 6.76. The van der Waals surface area contributed by atoms with E-state index in [0.29, 0.717) is 6.42 Å². The van der Waals surface area contributed by atoms with Gasteiger partial charge in [-0.15, -0.1) is 0 Å². The Hall–Kier alpha value is -0.630. The molecule has 4 heteroatoms. The highest BCUT2D eigenvalue weighted by Crippen LogP contribution is 2.04. The highest BCUT2D eigenvalue weighted by atomic mass is 16.5. The van der Waals surface area contributed by atoms with Crippen LogP contribution in [0.4, 0.5) is 0 Å². The molecule has 0 aromatic carbocycles. The zero-order chi connectivity index (χ0) is 12.3. The third-order valence-electron chi connectivity index (χ3n) is 3.23. The smallest absolute Gasteiger partial charge is 0.0621 e. The standard InChI is InChI=1S/C13H25N3O/c1-2-17-13-12-16-10-8-15(9-11-16)7-5-3-4-6-14/h2-5,7-13H2,1H3. The van der Waals surface area contributed by atoms with Crippen molar-refractivity contribution in [2.45, 2.75) is 26.2 Å². The van der Waals surface area contributed by atoms with Gasteiger partial charge in [-0.2, -0.15) is 5.26 Å².